The Labute approximate surface area is 128 Å². The molecule has 0 aliphatic carbocycles. The van der Waals surface area contributed by atoms with Gasteiger partial charge in [-0.2, -0.15) is 5.10 Å². The van der Waals surface area contributed by atoms with Crippen molar-refractivity contribution in [2.24, 2.45) is 0 Å². The smallest absolute Gasteiger partial charge is 0.238 e. The molecule has 2 atom stereocenters. The molecule has 0 unspecified atom stereocenters. The molecule has 6 nitrogen and oxygen atoms in total. The van der Waals surface area contributed by atoms with E-state index in [-0.39, 0.29) is 17.2 Å². The van der Waals surface area contributed by atoms with E-state index in [1.54, 1.807) is 30.7 Å². The molecule has 0 radical (unpaired) electrons. The molecule has 0 saturated carbocycles. The minimum Gasteiger partial charge on any atom is -0.310 e. The van der Waals surface area contributed by atoms with Gasteiger partial charge in [0, 0.05) is 18.5 Å². The number of rotatable bonds is 6. The Hall–Kier alpha value is -1.89. The Kier molecular flexibility index (Phi) is 5.32. The van der Waals surface area contributed by atoms with Gasteiger partial charge in [0.25, 0.3) is 0 Å². The summed E-state index contributed by atoms with van der Waals surface area (Å²) in [5.41, 5.74) is 0. The van der Waals surface area contributed by atoms with Crippen LogP contribution in [0.15, 0.2) is 35.9 Å². The zero-order valence-corrected chi connectivity index (χ0v) is 13.2. The monoisotopic (exact) mass is 305 g/mol. The lowest BCUT2D eigenvalue weighted by Crippen LogP contribution is -2.25. The van der Waals surface area contributed by atoms with Crippen molar-refractivity contribution in [2.45, 2.75) is 43.6 Å². The van der Waals surface area contributed by atoms with Crippen molar-refractivity contribution in [1.82, 2.24) is 19.7 Å². The second-order valence-corrected chi connectivity index (χ2v) is 6.01. The molecule has 0 aliphatic rings. The highest BCUT2D eigenvalue weighted by atomic mass is 32.2. The summed E-state index contributed by atoms with van der Waals surface area (Å²) >= 11 is 1.33. The molecule has 7 heteroatoms. The molecule has 0 aromatic carbocycles. The molecular formula is C14H19N5OS. The van der Waals surface area contributed by atoms with Crippen LogP contribution in [0.25, 0.3) is 0 Å². The Morgan fingerprint density at radius 1 is 1.33 bits per heavy atom. The summed E-state index contributed by atoms with van der Waals surface area (Å²) in [5.74, 6) is 0.633. The van der Waals surface area contributed by atoms with Crippen molar-refractivity contribution in [2.75, 3.05) is 5.32 Å². The number of amides is 1. The van der Waals surface area contributed by atoms with Gasteiger partial charge in [-0.1, -0.05) is 18.7 Å². The largest absolute Gasteiger partial charge is 0.310 e. The van der Waals surface area contributed by atoms with Crippen molar-refractivity contribution in [3.8, 4) is 0 Å². The first-order valence-electron chi connectivity index (χ1n) is 6.89. The number of carbonyl (C=O) groups excluding carboxylic acids is 1. The summed E-state index contributed by atoms with van der Waals surface area (Å²) in [4.78, 5) is 20.5. The summed E-state index contributed by atoms with van der Waals surface area (Å²) in [6.07, 6.45) is 5.97. The fourth-order valence-corrected chi connectivity index (χ4v) is 2.45. The van der Waals surface area contributed by atoms with E-state index in [2.05, 4.69) is 34.2 Å². The van der Waals surface area contributed by atoms with E-state index in [4.69, 9.17) is 0 Å². The summed E-state index contributed by atoms with van der Waals surface area (Å²) in [7, 11) is 0. The lowest BCUT2D eigenvalue weighted by atomic mass is 10.3. The number of thioether (sulfide) groups is 1. The molecule has 2 aromatic rings. The molecule has 0 bridgehead atoms. The third-order valence-corrected chi connectivity index (χ3v) is 4.11. The average molecular weight is 305 g/mol. The van der Waals surface area contributed by atoms with E-state index < -0.39 is 0 Å². The highest BCUT2D eigenvalue weighted by molar-refractivity contribution is 8.00. The van der Waals surface area contributed by atoms with E-state index in [1.807, 2.05) is 11.6 Å². The number of aromatic nitrogens is 4. The Balaban J connectivity index is 2.00. The maximum absolute atomic E-state index is 12.2. The summed E-state index contributed by atoms with van der Waals surface area (Å²) in [5, 5.41) is 7.47. The van der Waals surface area contributed by atoms with Crippen LogP contribution in [0, 0.1) is 0 Å². The molecule has 112 valence electrons. The van der Waals surface area contributed by atoms with Gasteiger partial charge < -0.3 is 5.32 Å². The fourth-order valence-electron chi connectivity index (χ4n) is 1.72. The molecular weight excluding hydrogens is 286 g/mol. The maximum Gasteiger partial charge on any atom is 0.238 e. The van der Waals surface area contributed by atoms with E-state index >= 15 is 0 Å². The molecule has 0 saturated heterocycles. The van der Waals surface area contributed by atoms with Crippen LogP contribution < -0.4 is 5.32 Å². The van der Waals surface area contributed by atoms with E-state index in [0.717, 1.165) is 12.2 Å². The summed E-state index contributed by atoms with van der Waals surface area (Å²) in [6, 6.07) is 3.80. The topological polar surface area (TPSA) is 72.7 Å². The van der Waals surface area contributed by atoms with Crippen molar-refractivity contribution in [1.29, 1.82) is 0 Å². The molecule has 2 aromatic heterocycles. The molecule has 1 N–H and O–H groups in total. The number of nitrogens with one attached hydrogen (secondary N) is 1. The minimum absolute atomic E-state index is 0.0856. The first kappa shape index (κ1) is 15.5. The number of nitrogens with zero attached hydrogens (tertiary/aromatic N) is 4. The van der Waals surface area contributed by atoms with Crippen molar-refractivity contribution >= 4 is 23.5 Å². The van der Waals surface area contributed by atoms with Gasteiger partial charge >= 0.3 is 0 Å². The van der Waals surface area contributed by atoms with Crippen LogP contribution in [-0.2, 0) is 4.79 Å². The molecule has 21 heavy (non-hydrogen) atoms. The van der Waals surface area contributed by atoms with Gasteiger partial charge in [0.05, 0.1) is 17.5 Å². The van der Waals surface area contributed by atoms with Gasteiger partial charge in [-0.15, -0.1) is 0 Å². The zero-order valence-electron chi connectivity index (χ0n) is 12.4. The fraction of sp³-hybridized carbons (Fsp3) is 0.429. The van der Waals surface area contributed by atoms with Gasteiger partial charge in [0.2, 0.25) is 5.91 Å². The molecule has 2 heterocycles. The average Bonchev–Trinajstić information content (AvgIpc) is 2.95. The van der Waals surface area contributed by atoms with Gasteiger partial charge in [-0.3, -0.25) is 4.79 Å². The van der Waals surface area contributed by atoms with Gasteiger partial charge in [0.15, 0.2) is 5.16 Å². The van der Waals surface area contributed by atoms with Crippen LogP contribution in [-0.4, -0.2) is 30.9 Å². The van der Waals surface area contributed by atoms with Gasteiger partial charge in [-0.05, 0) is 26.3 Å². The standard InChI is InChI=1S/C14H19N5OS/c1-4-10(2)19-12(6-9-17-19)18-13(20)11(3)21-14-15-7-5-8-16-14/h5-11H,4H2,1-3H3,(H,18,20)/t10-,11-/m1/s1. The van der Waals surface area contributed by atoms with Gasteiger partial charge in [-0.25, -0.2) is 14.6 Å². The number of hydrogen-bond donors (Lipinski definition) is 1. The molecule has 2 rings (SSSR count). The minimum atomic E-state index is -0.285. The van der Waals surface area contributed by atoms with Crippen molar-refractivity contribution < 1.29 is 4.79 Å². The van der Waals surface area contributed by atoms with Crippen LogP contribution in [0.5, 0.6) is 0 Å². The molecule has 1 amide bonds. The quantitative estimate of drug-likeness (QED) is 0.656. The van der Waals surface area contributed by atoms with Crippen LogP contribution in [0.4, 0.5) is 5.82 Å². The van der Waals surface area contributed by atoms with E-state index in [0.29, 0.717) is 5.16 Å². The Bertz CT molecular complexity index is 586. The highest BCUT2D eigenvalue weighted by Gasteiger charge is 2.18. The lowest BCUT2D eigenvalue weighted by molar-refractivity contribution is -0.115. The SMILES string of the molecule is CC[C@@H](C)n1nccc1NC(=O)[C@@H](C)Sc1ncccn1. The predicted octanol–water partition coefficient (Wildman–Crippen LogP) is 2.76. The van der Waals surface area contributed by atoms with Crippen LogP contribution in [0.2, 0.25) is 0 Å². The second-order valence-electron chi connectivity index (χ2n) is 4.70. The third kappa shape index (κ3) is 4.04. The third-order valence-electron chi connectivity index (χ3n) is 3.12. The van der Waals surface area contributed by atoms with E-state index in [9.17, 15) is 4.79 Å². The second kappa shape index (κ2) is 7.21. The van der Waals surface area contributed by atoms with Crippen LogP contribution in [0.1, 0.15) is 33.2 Å². The van der Waals surface area contributed by atoms with Crippen LogP contribution in [0.3, 0.4) is 0 Å². The van der Waals surface area contributed by atoms with E-state index in [1.165, 1.54) is 11.8 Å². The van der Waals surface area contributed by atoms with Crippen molar-refractivity contribution in [3.63, 3.8) is 0 Å². The molecule has 0 fully saturated rings. The zero-order chi connectivity index (χ0) is 15.2. The van der Waals surface area contributed by atoms with Gasteiger partial charge in [0.1, 0.15) is 5.82 Å². The highest BCUT2D eigenvalue weighted by Crippen LogP contribution is 2.21. The van der Waals surface area contributed by atoms with Crippen molar-refractivity contribution in [3.05, 3.63) is 30.7 Å². The predicted molar refractivity (Wildman–Crippen MR) is 83.2 cm³/mol. The normalized spacial score (nSPS) is 13.7. The summed E-state index contributed by atoms with van der Waals surface area (Å²) < 4.78 is 1.83. The Morgan fingerprint density at radius 3 is 2.71 bits per heavy atom. The Morgan fingerprint density at radius 2 is 2.05 bits per heavy atom. The lowest BCUT2D eigenvalue weighted by Gasteiger charge is -2.16. The molecule has 0 spiro atoms. The summed E-state index contributed by atoms with van der Waals surface area (Å²) in [6.45, 7) is 5.99. The number of anilines is 1. The molecule has 0 aliphatic heterocycles. The first-order valence-corrected chi connectivity index (χ1v) is 7.77. The van der Waals surface area contributed by atoms with Crippen LogP contribution >= 0.6 is 11.8 Å². The number of carbonyl (C=O) groups is 1. The maximum atomic E-state index is 12.2. The first-order chi connectivity index (χ1) is 10.1. The number of hydrogen-bond acceptors (Lipinski definition) is 5.